The third-order valence-corrected chi connectivity index (χ3v) is 3.44. The number of carbonyl (C=O) groups is 2. The van der Waals surface area contributed by atoms with Crippen molar-refractivity contribution in [3.05, 3.63) is 29.8 Å². The Morgan fingerprint density at radius 1 is 1.05 bits per heavy atom. The zero-order valence-corrected chi connectivity index (χ0v) is 13.3. The molecule has 0 aliphatic rings. The van der Waals surface area contributed by atoms with Crippen molar-refractivity contribution in [1.82, 2.24) is 10.9 Å². The minimum atomic E-state index is -0.210. The van der Waals surface area contributed by atoms with E-state index >= 15 is 0 Å². The molecule has 0 aliphatic carbocycles. The van der Waals surface area contributed by atoms with Gasteiger partial charge in [0.15, 0.2) is 0 Å². The standard InChI is InChI=1S/C15H22N2O2S/c1-11-5-7-12(8-6-11)20-10-14(19)17-16-13(18)9-15(2,3)4/h5-8H,9-10H2,1-4H3,(H,16,18)(H,17,19). The van der Waals surface area contributed by atoms with Crippen LogP contribution in [0.2, 0.25) is 0 Å². The van der Waals surface area contributed by atoms with E-state index in [-0.39, 0.29) is 23.0 Å². The van der Waals surface area contributed by atoms with Crippen LogP contribution in [0.4, 0.5) is 0 Å². The van der Waals surface area contributed by atoms with Crippen LogP contribution in [0.15, 0.2) is 29.2 Å². The number of thioether (sulfide) groups is 1. The van der Waals surface area contributed by atoms with E-state index in [0.29, 0.717) is 6.42 Å². The summed E-state index contributed by atoms with van der Waals surface area (Å²) in [5.41, 5.74) is 5.96. The lowest BCUT2D eigenvalue weighted by Gasteiger charge is -2.17. The van der Waals surface area contributed by atoms with Gasteiger partial charge in [0, 0.05) is 11.3 Å². The first-order valence-corrected chi connectivity index (χ1v) is 7.52. The zero-order valence-electron chi connectivity index (χ0n) is 12.4. The van der Waals surface area contributed by atoms with Gasteiger partial charge in [-0.1, -0.05) is 38.5 Å². The van der Waals surface area contributed by atoms with E-state index in [1.807, 2.05) is 52.0 Å². The summed E-state index contributed by atoms with van der Waals surface area (Å²) in [6, 6.07) is 7.97. The number of hydrogen-bond acceptors (Lipinski definition) is 3. The van der Waals surface area contributed by atoms with Crippen LogP contribution in [0.25, 0.3) is 0 Å². The molecule has 1 aromatic carbocycles. The third kappa shape index (κ3) is 7.19. The van der Waals surface area contributed by atoms with E-state index in [9.17, 15) is 9.59 Å². The Kier molecular flexibility index (Phi) is 6.07. The Labute approximate surface area is 124 Å². The van der Waals surface area contributed by atoms with Gasteiger partial charge in [0.1, 0.15) is 0 Å². The lowest BCUT2D eigenvalue weighted by molar-refractivity contribution is -0.128. The summed E-state index contributed by atoms with van der Waals surface area (Å²) >= 11 is 1.44. The van der Waals surface area contributed by atoms with Crippen LogP contribution in [0.3, 0.4) is 0 Å². The molecular formula is C15H22N2O2S. The SMILES string of the molecule is Cc1ccc(SCC(=O)NNC(=O)CC(C)(C)C)cc1. The van der Waals surface area contributed by atoms with E-state index < -0.39 is 0 Å². The summed E-state index contributed by atoms with van der Waals surface area (Å²) in [4.78, 5) is 24.2. The number of benzene rings is 1. The van der Waals surface area contributed by atoms with Gasteiger partial charge in [-0.25, -0.2) is 0 Å². The van der Waals surface area contributed by atoms with Crippen LogP contribution in [0.5, 0.6) is 0 Å². The lowest BCUT2D eigenvalue weighted by Crippen LogP contribution is -2.43. The van der Waals surface area contributed by atoms with Gasteiger partial charge in [0.2, 0.25) is 11.8 Å². The highest BCUT2D eigenvalue weighted by Crippen LogP contribution is 2.18. The van der Waals surface area contributed by atoms with Crippen molar-refractivity contribution in [2.24, 2.45) is 5.41 Å². The van der Waals surface area contributed by atoms with E-state index in [4.69, 9.17) is 0 Å². The van der Waals surface area contributed by atoms with Gasteiger partial charge in [-0.3, -0.25) is 20.4 Å². The Hall–Kier alpha value is -1.49. The minimum absolute atomic E-state index is 0.0918. The molecule has 0 aromatic heterocycles. The van der Waals surface area contributed by atoms with E-state index in [1.165, 1.54) is 17.3 Å². The predicted molar refractivity (Wildman–Crippen MR) is 82.3 cm³/mol. The number of amides is 2. The molecule has 0 heterocycles. The highest BCUT2D eigenvalue weighted by atomic mass is 32.2. The second-order valence-corrected chi connectivity index (χ2v) is 6.98. The van der Waals surface area contributed by atoms with Gasteiger partial charge in [0.05, 0.1) is 5.75 Å². The van der Waals surface area contributed by atoms with Crippen LogP contribution in [0.1, 0.15) is 32.8 Å². The van der Waals surface area contributed by atoms with Crippen LogP contribution < -0.4 is 10.9 Å². The summed E-state index contributed by atoms with van der Waals surface area (Å²) in [7, 11) is 0. The second-order valence-electron chi connectivity index (χ2n) is 5.94. The number of aryl methyl sites for hydroxylation is 1. The van der Waals surface area contributed by atoms with E-state index in [2.05, 4.69) is 10.9 Å². The molecule has 5 heteroatoms. The van der Waals surface area contributed by atoms with Gasteiger partial charge in [0.25, 0.3) is 0 Å². The minimum Gasteiger partial charge on any atom is -0.273 e. The number of hydrogen-bond donors (Lipinski definition) is 2. The van der Waals surface area contributed by atoms with Crippen LogP contribution in [-0.4, -0.2) is 17.6 Å². The van der Waals surface area contributed by atoms with Crippen molar-refractivity contribution in [2.75, 3.05) is 5.75 Å². The molecule has 0 saturated carbocycles. The van der Waals surface area contributed by atoms with Crippen LogP contribution in [-0.2, 0) is 9.59 Å². The fraction of sp³-hybridized carbons (Fsp3) is 0.467. The maximum Gasteiger partial charge on any atom is 0.248 e. The number of carbonyl (C=O) groups excluding carboxylic acids is 2. The fourth-order valence-electron chi connectivity index (χ4n) is 1.48. The van der Waals surface area contributed by atoms with Crippen molar-refractivity contribution >= 4 is 23.6 Å². The quantitative estimate of drug-likeness (QED) is 0.663. The normalized spacial score (nSPS) is 11.0. The number of rotatable bonds is 4. The molecule has 0 atom stereocenters. The molecule has 0 unspecified atom stereocenters. The van der Waals surface area contributed by atoms with Gasteiger partial charge in [-0.2, -0.15) is 0 Å². The molecule has 2 N–H and O–H groups in total. The predicted octanol–water partition coefficient (Wildman–Crippen LogP) is 2.67. The largest absolute Gasteiger partial charge is 0.273 e. The fourth-order valence-corrected chi connectivity index (χ4v) is 2.18. The van der Waals surface area contributed by atoms with Crippen LogP contribution >= 0.6 is 11.8 Å². The highest BCUT2D eigenvalue weighted by Gasteiger charge is 2.16. The smallest absolute Gasteiger partial charge is 0.248 e. The molecular weight excluding hydrogens is 272 g/mol. The first-order chi connectivity index (χ1) is 9.26. The topological polar surface area (TPSA) is 58.2 Å². The first kappa shape index (κ1) is 16.6. The van der Waals surface area contributed by atoms with Crippen molar-refractivity contribution < 1.29 is 9.59 Å². The molecule has 1 rings (SSSR count). The summed E-state index contributed by atoms with van der Waals surface area (Å²) < 4.78 is 0. The highest BCUT2D eigenvalue weighted by molar-refractivity contribution is 8.00. The summed E-state index contributed by atoms with van der Waals surface area (Å²) in [6.07, 6.45) is 0.373. The Morgan fingerprint density at radius 2 is 1.60 bits per heavy atom. The molecule has 1 aromatic rings. The Bertz CT molecular complexity index is 464. The maximum atomic E-state index is 11.6. The van der Waals surface area contributed by atoms with Crippen molar-refractivity contribution in [3.63, 3.8) is 0 Å². The van der Waals surface area contributed by atoms with Crippen molar-refractivity contribution in [2.45, 2.75) is 39.0 Å². The average molecular weight is 294 g/mol. The summed E-state index contributed by atoms with van der Waals surface area (Å²) in [5.74, 6) is -0.109. The van der Waals surface area contributed by atoms with E-state index in [0.717, 1.165) is 4.90 Å². The lowest BCUT2D eigenvalue weighted by atomic mass is 9.92. The van der Waals surface area contributed by atoms with Gasteiger partial charge in [-0.15, -0.1) is 11.8 Å². The molecule has 4 nitrogen and oxygen atoms in total. The monoisotopic (exact) mass is 294 g/mol. The number of nitrogens with one attached hydrogen (secondary N) is 2. The molecule has 0 bridgehead atoms. The van der Waals surface area contributed by atoms with Gasteiger partial charge >= 0.3 is 0 Å². The average Bonchev–Trinajstić information content (AvgIpc) is 2.33. The van der Waals surface area contributed by atoms with Gasteiger partial charge in [-0.05, 0) is 24.5 Å². The molecule has 0 spiro atoms. The zero-order chi connectivity index (χ0) is 15.2. The van der Waals surface area contributed by atoms with Crippen molar-refractivity contribution in [3.8, 4) is 0 Å². The third-order valence-electron chi connectivity index (χ3n) is 2.42. The Balaban J connectivity index is 2.27. The number of hydrazine groups is 1. The van der Waals surface area contributed by atoms with Crippen molar-refractivity contribution in [1.29, 1.82) is 0 Å². The van der Waals surface area contributed by atoms with Gasteiger partial charge < -0.3 is 0 Å². The molecule has 20 heavy (non-hydrogen) atoms. The molecule has 0 aliphatic heterocycles. The molecule has 0 saturated heterocycles. The maximum absolute atomic E-state index is 11.6. The summed E-state index contributed by atoms with van der Waals surface area (Å²) in [6.45, 7) is 7.94. The van der Waals surface area contributed by atoms with E-state index in [1.54, 1.807) is 0 Å². The summed E-state index contributed by atoms with van der Waals surface area (Å²) in [5, 5.41) is 0. The molecule has 2 amide bonds. The molecule has 0 radical (unpaired) electrons. The Morgan fingerprint density at radius 3 is 2.15 bits per heavy atom. The second kappa shape index (κ2) is 7.33. The van der Waals surface area contributed by atoms with Crippen LogP contribution in [0, 0.1) is 12.3 Å². The first-order valence-electron chi connectivity index (χ1n) is 6.53. The molecule has 110 valence electrons. The molecule has 0 fully saturated rings.